The Bertz CT molecular complexity index is 174. The van der Waals surface area contributed by atoms with Crippen molar-refractivity contribution in [3.8, 4) is 0 Å². The van der Waals surface area contributed by atoms with E-state index in [2.05, 4.69) is 6.58 Å². The molecule has 76 valence electrons. The lowest BCUT2D eigenvalue weighted by Gasteiger charge is -2.17. The summed E-state index contributed by atoms with van der Waals surface area (Å²) in [6.07, 6.45) is 2.92. The van der Waals surface area contributed by atoms with E-state index in [0.717, 1.165) is 6.08 Å². The van der Waals surface area contributed by atoms with Crippen molar-refractivity contribution in [2.45, 2.75) is 33.3 Å². The molecule has 0 aliphatic heterocycles. The number of carbonyl (C=O) groups excluding carboxylic acids is 1. The molecule has 0 fully saturated rings. The number of halogens is 1. The predicted octanol–water partition coefficient (Wildman–Crippen LogP) is 3.27. The fourth-order valence-corrected chi connectivity index (χ4v) is 0.343. The van der Waals surface area contributed by atoms with Gasteiger partial charge in [-0.15, -0.1) is 0 Å². The van der Waals surface area contributed by atoms with Crippen LogP contribution in [-0.4, -0.2) is 11.6 Å². The molecule has 0 aliphatic rings. The minimum Gasteiger partial charge on any atom is -0.457 e. The monoisotopic (exact) mass is 204 g/mol. The van der Waals surface area contributed by atoms with E-state index in [9.17, 15) is 4.79 Å². The molecule has 0 aliphatic carbocycles. The minimum atomic E-state index is -0.398. The lowest BCUT2D eigenvalue weighted by molar-refractivity contribution is -0.148. The van der Waals surface area contributed by atoms with E-state index in [1.807, 2.05) is 27.7 Å². The molecule has 0 amide bonds. The molecule has 2 nitrogen and oxygen atoms in total. The molecule has 0 aromatic carbocycles. The third-order valence-electron chi connectivity index (χ3n) is 0.699. The van der Waals surface area contributed by atoms with E-state index >= 15 is 0 Å². The van der Waals surface area contributed by atoms with E-state index in [1.165, 1.54) is 5.54 Å². The maximum Gasteiger partial charge on any atom is 0.330 e. The molecule has 13 heavy (non-hydrogen) atoms. The largest absolute Gasteiger partial charge is 0.457 e. The van der Waals surface area contributed by atoms with Gasteiger partial charge in [-0.3, -0.25) is 0 Å². The van der Waals surface area contributed by atoms with Gasteiger partial charge in [0, 0.05) is 6.08 Å². The number of rotatable bonds is 1. The van der Waals surface area contributed by atoms with Crippen LogP contribution in [0, 0.1) is 0 Å². The predicted molar refractivity (Wildman–Crippen MR) is 56.7 cm³/mol. The molecular formula is C10H17ClO2. The van der Waals surface area contributed by atoms with E-state index in [0.29, 0.717) is 0 Å². The number of carbonyl (C=O) groups is 1. The first kappa shape index (κ1) is 14.7. The number of esters is 1. The van der Waals surface area contributed by atoms with Crippen molar-refractivity contribution in [2.75, 3.05) is 0 Å². The summed E-state index contributed by atoms with van der Waals surface area (Å²) in [5.41, 5.74) is 1.07. The molecule has 0 spiro atoms. The summed E-state index contributed by atoms with van der Waals surface area (Å²) in [5.74, 6) is -0.373. The van der Waals surface area contributed by atoms with Gasteiger partial charge in [0.25, 0.3) is 0 Å². The maximum absolute atomic E-state index is 10.5. The van der Waals surface area contributed by atoms with Crippen molar-refractivity contribution in [1.29, 1.82) is 0 Å². The number of hydrogen-bond donors (Lipinski definition) is 0. The number of hydrogen-bond acceptors (Lipinski definition) is 2. The molecule has 0 N–H and O–H groups in total. The Kier molecular flexibility index (Phi) is 8.92. The standard InChI is InChI=1S/C7H12O2.C3H5Cl/c1-5-6(8)9-7(2,3)4;1-2-3-4/h5H,1H2,2-4H3;2-3H,1H3. The topological polar surface area (TPSA) is 26.3 Å². The van der Waals surface area contributed by atoms with Gasteiger partial charge in [0.15, 0.2) is 0 Å². The minimum absolute atomic E-state index is 0.373. The third kappa shape index (κ3) is 18.3. The van der Waals surface area contributed by atoms with E-state index < -0.39 is 5.60 Å². The van der Waals surface area contributed by atoms with Crippen LogP contribution in [-0.2, 0) is 9.53 Å². The molecule has 0 radical (unpaired) electrons. The van der Waals surface area contributed by atoms with Crippen LogP contribution in [0.15, 0.2) is 24.3 Å². The van der Waals surface area contributed by atoms with Gasteiger partial charge >= 0.3 is 5.97 Å². The van der Waals surface area contributed by atoms with Gasteiger partial charge in [-0.2, -0.15) is 0 Å². The molecule has 0 unspecified atom stereocenters. The fourth-order valence-electron chi connectivity index (χ4n) is 0.343. The molecule has 0 saturated heterocycles. The summed E-state index contributed by atoms with van der Waals surface area (Å²) in [7, 11) is 0. The zero-order valence-corrected chi connectivity index (χ0v) is 9.39. The molecule has 3 heteroatoms. The third-order valence-corrected chi connectivity index (χ3v) is 0.951. The van der Waals surface area contributed by atoms with Crippen LogP contribution >= 0.6 is 11.6 Å². The first-order valence-electron chi connectivity index (χ1n) is 3.94. The molecule has 0 aromatic heterocycles. The van der Waals surface area contributed by atoms with Crippen molar-refractivity contribution < 1.29 is 9.53 Å². The van der Waals surface area contributed by atoms with Gasteiger partial charge in [-0.1, -0.05) is 24.3 Å². The molecule has 0 heterocycles. The number of allylic oxidation sites excluding steroid dienone is 1. The Morgan fingerprint density at radius 3 is 1.92 bits per heavy atom. The quantitative estimate of drug-likeness (QED) is 0.484. The summed E-state index contributed by atoms with van der Waals surface area (Å²) in [4.78, 5) is 10.5. The molecular weight excluding hydrogens is 188 g/mol. The molecule has 0 aromatic rings. The SMILES string of the molecule is C=CC(=O)OC(C)(C)C.CC=CCl. The zero-order chi connectivity index (χ0) is 10.9. The Hall–Kier alpha value is -0.760. The summed E-state index contributed by atoms with van der Waals surface area (Å²) in [6, 6.07) is 0. The molecule has 0 bridgehead atoms. The van der Waals surface area contributed by atoms with Crippen molar-refractivity contribution >= 4 is 17.6 Å². The van der Waals surface area contributed by atoms with Crippen molar-refractivity contribution in [3.05, 3.63) is 24.3 Å². The Morgan fingerprint density at radius 1 is 1.46 bits per heavy atom. The highest BCUT2D eigenvalue weighted by Crippen LogP contribution is 2.06. The fraction of sp³-hybridized carbons (Fsp3) is 0.500. The van der Waals surface area contributed by atoms with Gasteiger partial charge in [0.05, 0.1) is 0 Å². The average Bonchev–Trinajstić information content (AvgIpc) is 2.02. The van der Waals surface area contributed by atoms with Gasteiger partial charge in [-0.25, -0.2) is 4.79 Å². The Labute approximate surface area is 85.2 Å². The lowest BCUT2D eigenvalue weighted by Crippen LogP contribution is -2.22. The summed E-state index contributed by atoms with van der Waals surface area (Å²) >= 11 is 5.01. The van der Waals surface area contributed by atoms with Crippen LogP contribution in [0.5, 0.6) is 0 Å². The van der Waals surface area contributed by atoms with Crippen LogP contribution in [0.25, 0.3) is 0 Å². The summed E-state index contributed by atoms with van der Waals surface area (Å²) < 4.78 is 4.83. The molecule has 0 rings (SSSR count). The maximum atomic E-state index is 10.5. The second-order valence-corrected chi connectivity index (χ2v) is 3.45. The van der Waals surface area contributed by atoms with Crippen molar-refractivity contribution in [3.63, 3.8) is 0 Å². The smallest absolute Gasteiger partial charge is 0.330 e. The van der Waals surface area contributed by atoms with Crippen LogP contribution in [0.3, 0.4) is 0 Å². The average molecular weight is 205 g/mol. The lowest BCUT2D eigenvalue weighted by atomic mass is 10.2. The second-order valence-electron chi connectivity index (χ2n) is 3.20. The van der Waals surface area contributed by atoms with Crippen LogP contribution in [0.4, 0.5) is 0 Å². The van der Waals surface area contributed by atoms with E-state index in [4.69, 9.17) is 16.3 Å². The van der Waals surface area contributed by atoms with E-state index in [1.54, 1.807) is 6.08 Å². The molecule has 0 atom stereocenters. The highest BCUT2D eigenvalue weighted by atomic mass is 35.5. The summed E-state index contributed by atoms with van der Waals surface area (Å²) in [5, 5.41) is 0. The highest BCUT2D eigenvalue weighted by Gasteiger charge is 2.12. The van der Waals surface area contributed by atoms with Crippen LogP contribution < -0.4 is 0 Å². The summed E-state index contributed by atoms with van der Waals surface area (Å²) in [6.45, 7) is 10.6. The van der Waals surface area contributed by atoms with Crippen molar-refractivity contribution in [1.82, 2.24) is 0 Å². The van der Waals surface area contributed by atoms with E-state index in [-0.39, 0.29) is 5.97 Å². The van der Waals surface area contributed by atoms with Gasteiger partial charge in [-0.05, 0) is 33.2 Å². The number of ether oxygens (including phenoxy) is 1. The first-order chi connectivity index (χ1) is 5.87. The zero-order valence-electron chi connectivity index (χ0n) is 8.63. The Morgan fingerprint density at radius 2 is 1.85 bits per heavy atom. The highest BCUT2D eigenvalue weighted by molar-refractivity contribution is 6.25. The van der Waals surface area contributed by atoms with Gasteiger partial charge < -0.3 is 4.74 Å². The van der Waals surface area contributed by atoms with Crippen LogP contribution in [0.1, 0.15) is 27.7 Å². The molecule has 0 saturated carbocycles. The van der Waals surface area contributed by atoms with Crippen LogP contribution in [0.2, 0.25) is 0 Å². The van der Waals surface area contributed by atoms with Gasteiger partial charge in [0.1, 0.15) is 5.60 Å². The second kappa shape index (κ2) is 7.87. The first-order valence-corrected chi connectivity index (χ1v) is 4.37. The van der Waals surface area contributed by atoms with Crippen molar-refractivity contribution in [2.24, 2.45) is 0 Å². The van der Waals surface area contributed by atoms with Gasteiger partial charge in [0.2, 0.25) is 0 Å². The normalized spacial score (nSPS) is 10.2. The Balaban J connectivity index is 0.